The summed E-state index contributed by atoms with van der Waals surface area (Å²) in [4.78, 5) is 16.4. The minimum Gasteiger partial charge on any atom is -0.467 e. The number of hydrogen-bond donors (Lipinski definition) is 0. The summed E-state index contributed by atoms with van der Waals surface area (Å²) in [5.41, 5.74) is 3.46. The molecular weight excluding hydrogens is 432 g/mol. The van der Waals surface area contributed by atoms with E-state index in [-0.39, 0.29) is 30.1 Å². The molecule has 1 aliphatic rings. The molecule has 0 saturated carbocycles. The lowest BCUT2D eigenvalue weighted by Crippen LogP contribution is -2.34. The van der Waals surface area contributed by atoms with Crippen LogP contribution in [-0.4, -0.2) is 26.4 Å². The summed E-state index contributed by atoms with van der Waals surface area (Å²) in [6, 6.07) is 14.0. The number of fused-ring (bicyclic) bond motifs is 1. The van der Waals surface area contributed by atoms with Crippen LogP contribution < -0.4 is 9.64 Å². The van der Waals surface area contributed by atoms with E-state index in [1.807, 2.05) is 30.3 Å². The van der Waals surface area contributed by atoms with Crippen molar-refractivity contribution in [1.82, 2.24) is 0 Å². The Kier molecular flexibility index (Phi) is 7.26. The molecule has 0 aromatic heterocycles. The number of nitriles is 1. The van der Waals surface area contributed by atoms with Crippen molar-refractivity contribution in [3.63, 3.8) is 0 Å². The number of amides is 1. The molecule has 1 amide bonds. The van der Waals surface area contributed by atoms with Crippen molar-refractivity contribution >= 4 is 29.4 Å². The molecule has 0 saturated heterocycles. The Labute approximate surface area is 201 Å². The zero-order chi connectivity index (χ0) is 24.4. The van der Waals surface area contributed by atoms with Gasteiger partial charge in [0.05, 0.1) is 16.7 Å². The quantitative estimate of drug-likeness (QED) is 0.297. The van der Waals surface area contributed by atoms with Crippen LogP contribution in [0.1, 0.15) is 58.2 Å². The first-order chi connectivity index (χ1) is 15.5. The van der Waals surface area contributed by atoms with Crippen molar-refractivity contribution in [1.29, 1.82) is 5.26 Å². The second-order valence-corrected chi connectivity index (χ2v) is 11.2. The van der Waals surface area contributed by atoms with Gasteiger partial charge in [-0.2, -0.15) is 5.26 Å². The third-order valence-electron chi connectivity index (χ3n) is 5.41. The number of methoxy groups -OCH3 is 1. The second kappa shape index (κ2) is 9.62. The number of carbonyl (C=O) groups excluding carboxylic acids is 1. The summed E-state index contributed by atoms with van der Waals surface area (Å²) in [7, 11) is 1.61. The molecule has 1 heterocycles. The Morgan fingerprint density at radius 3 is 2.21 bits per heavy atom. The normalized spacial score (nSPS) is 15.4. The van der Waals surface area contributed by atoms with Crippen LogP contribution in [-0.2, 0) is 20.4 Å². The molecule has 5 nitrogen and oxygen atoms in total. The summed E-state index contributed by atoms with van der Waals surface area (Å²) < 4.78 is 11.3. The van der Waals surface area contributed by atoms with Gasteiger partial charge in [0, 0.05) is 23.1 Å². The summed E-state index contributed by atoms with van der Waals surface area (Å²) in [6.45, 7) is 13.1. The third kappa shape index (κ3) is 5.43. The molecule has 0 atom stereocenters. The maximum atomic E-state index is 13.3. The van der Waals surface area contributed by atoms with Crippen LogP contribution >= 0.6 is 11.8 Å². The lowest BCUT2D eigenvalue weighted by Gasteiger charge is -2.31. The molecule has 0 fully saturated rings. The van der Waals surface area contributed by atoms with Gasteiger partial charge in [-0.15, -0.1) is 0 Å². The standard InChI is InChI=1S/C27H32N2O3S/c1-26(2,3)19-14-18(15-20(27(4,5)6)24(19)32-17-31-7)16-23-25(30)29(13-12-28)21-10-8-9-11-22(21)33-23/h8-11,14-16H,13,17H2,1-7H3/b23-16-. The van der Waals surface area contributed by atoms with Crippen LogP contribution in [0.15, 0.2) is 46.2 Å². The van der Waals surface area contributed by atoms with Crippen molar-refractivity contribution < 1.29 is 14.3 Å². The van der Waals surface area contributed by atoms with Gasteiger partial charge in [-0.25, -0.2) is 0 Å². The van der Waals surface area contributed by atoms with Crippen LogP contribution in [0.5, 0.6) is 5.75 Å². The van der Waals surface area contributed by atoms with Gasteiger partial charge >= 0.3 is 0 Å². The van der Waals surface area contributed by atoms with E-state index in [0.29, 0.717) is 4.91 Å². The van der Waals surface area contributed by atoms with E-state index in [9.17, 15) is 10.1 Å². The Balaban J connectivity index is 2.18. The number of hydrogen-bond acceptors (Lipinski definition) is 5. The topological polar surface area (TPSA) is 62.6 Å². The Morgan fingerprint density at radius 2 is 1.67 bits per heavy atom. The number of ether oxygens (including phenoxy) is 2. The average Bonchev–Trinajstić information content (AvgIpc) is 2.74. The maximum absolute atomic E-state index is 13.3. The molecule has 2 aromatic rings. The predicted molar refractivity (Wildman–Crippen MR) is 135 cm³/mol. The molecule has 174 valence electrons. The Hall–Kier alpha value is -2.75. The number of carbonyl (C=O) groups is 1. The highest BCUT2D eigenvalue weighted by Gasteiger charge is 2.31. The van der Waals surface area contributed by atoms with Gasteiger partial charge in [-0.05, 0) is 46.7 Å². The Bertz CT molecular complexity index is 1080. The van der Waals surface area contributed by atoms with Crippen LogP contribution in [0.25, 0.3) is 6.08 Å². The fourth-order valence-electron chi connectivity index (χ4n) is 3.76. The van der Waals surface area contributed by atoms with Crippen LogP contribution in [0, 0.1) is 11.3 Å². The molecule has 0 aliphatic carbocycles. The molecule has 0 unspecified atom stereocenters. The zero-order valence-corrected chi connectivity index (χ0v) is 21.3. The van der Waals surface area contributed by atoms with Gasteiger partial charge in [0.25, 0.3) is 5.91 Å². The molecule has 0 bridgehead atoms. The number of anilines is 1. The van der Waals surface area contributed by atoms with Crippen molar-refractivity contribution in [3.8, 4) is 11.8 Å². The molecule has 0 N–H and O–H groups in total. The lowest BCUT2D eigenvalue weighted by atomic mass is 9.78. The number of para-hydroxylation sites is 1. The highest BCUT2D eigenvalue weighted by Crippen LogP contribution is 2.44. The molecular formula is C27H32N2O3S. The molecule has 0 spiro atoms. The van der Waals surface area contributed by atoms with Crippen molar-refractivity contribution in [2.75, 3.05) is 25.3 Å². The monoisotopic (exact) mass is 464 g/mol. The SMILES string of the molecule is COCOc1c(C(C)(C)C)cc(/C=C2\Sc3ccccc3N(CC#N)C2=O)cc1C(C)(C)C. The fourth-order valence-corrected chi connectivity index (χ4v) is 4.82. The number of benzene rings is 2. The number of thioether (sulfide) groups is 1. The van der Waals surface area contributed by atoms with Gasteiger partial charge in [0.15, 0.2) is 6.79 Å². The molecule has 6 heteroatoms. The second-order valence-electron chi connectivity index (χ2n) is 10.1. The van der Waals surface area contributed by atoms with Gasteiger partial charge in [0.1, 0.15) is 12.3 Å². The molecule has 0 radical (unpaired) electrons. The molecule has 33 heavy (non-hydrogen) atoms. The van der Waals surface area contributed by atoms with E-state index in [1.54, 1.807) is 12.0 Å². The fraction of sp³-hybridized carbons (Fsp3) is 0.407. The summed E-state index contributed by atoms with van der Waals surface area (Å²) in [5, 5.41) is 9.30. The highest BCUT2D eigenvalue weighted by molar-refractivity contribution is 8.04. The first kappa shape index (κ1) is 24.9. The largest absolute Gasteiger partial charge is 0.467 e. The van der Waals surface area contributed by atoms with E-state index < -0.39 is 0 Å². The molecule has 1 aliphatic heterocycles. The summed E-state index contributed by atoms with van der Waals surface area (Å²) >= 11 is 1.44. The van der Waals surface area contributed by atoms with E-state index >= 15 is 0 Å². The van der Waals surface area contributed by atoms with E-state index in [0.717, 1.165) is 33.0 Å². The molecule has 2 aromatic carbocycles. The maximum Gasteiger partial charge on any atom is 0.266 e. The van der Waals surface area contributed by atoms with Gasteiger partial charge in [-0.1, -0.05) is 65.4 Å². The van der Waals surface area contributed by atoms with E-state index in [1.165, 1.54) is 11.8 Å². The predicted octanol–water partition coefficient (Wildman–Crippen LogP) is 6.27. The van der Waals surface area contributed by atoms with E-state index in [2.05, 4.69) is 59.7 Å². The average molecular weight is 465 g/mol. The van der Waals surface area contributed by atoms with E-state index in [4.69, 9.17) is 9.47 Å². The van der Waals surface area contributed by atoms with Gasteiger partial charge in [0.2, 0.25) is 0 Å². The highest BCUT2D eigenvalue weighted by atomic mass is 32.2. The third-order valence-corrected chi connectivity index (χ3v) is 6.48. The van der Waals surface area contributed by atoms with Crippen LogP contribution in [0.2, 0.25) is 0 Å². The number of nitrogens with zero attached hydrogens (tertiary/aromatic N) is 2. The van der Waals surface area contributed by atoms with Crippen molar-refractivity contribution in [3.05, 3.63) is 58.0 Å². The minimum atomic E-state index is -0.180. The van der Waals surface area contributed by atoms with Gasteiger partial charge in [-0.3, -0.25) is 9.69 Å². The smallest absolute Gasteiger partial charge is 0.266 e. The van der Waals surface area contributed by atoms with Crippen molar-refractivity contribution in [2.24, 2.45) is 0 Å². The zero-order valence-electron chi connectivity index (χ0n) is 20.5. The number of rotatable bonds is 5. The van der Waals surface area contributed by atoms with Crippen LogP contribution in [0.4, 0.5) is 5.69 Å². The lowest BCUT2D eigenvalue weighted by molar-refractivity contribution is -0.114. The van der Waals surface area contributed by atoms with Crippen LogP contribution in [0.3, 0.4) is 0 Å². The Morgan fingerprint density at radius 1 is 1.06 bits per heavy atom. The molecule has 3 rings (SSSR count). The minimum absolute atomic E-state index is 0.0119. The summed E-state index contributed by atoms with van der Waals surface area (Å²) in [5.74, 6) is 0.674. The first-order valence-electron chi connectivity index (χ1n) is 11.0. The van der Waals surface area contributed by atoms with Crippen molar-refractivity contribution in [2.45, 2.75) is 57.3 Å². The first-order valence-corrected chi connectivity index (χ1v) is 11.8. The summed E-state index contributed by atoms with van der Waals surface area (Å²) in [6.07, 6.45) is 1.93. The van der Waals surface area contributed by atoms with Gasteiger partial charge < -0.3 is 9.47 Å².